The van der Waals surface area contributed by atoms with E-state index in [4.69, 9.17) is 28.9 Å². The van der Waals surface area contributed by atoms with Gasteiger partial charge in [-0.15, -0.1) is 0 Å². The van der Waals surface area contributed by atoms with Crippen LogP contribution in [0.1, 0.15) is 15.9 Å². The SMILES string of the molecule is O=C(O)c1cccc(N2C(=O)/C(=C/c3ccccc3Cl)SC2=S)c1. The first-order chi connectivity index (χ1) is 11.5. The molecular weight excluding hydrogens is 366 g/mol. The molecule has 2 aromatic carbocycles. The second kappa shape index (κ2) is 6.76. The molecule has 0 atom stereocenters. The minimum atomic E-state index is -1.06. The van der Waals surface area contributed by atoms with Crippen LogP contribution in [-0.2, 0) is 4.79 Å². The van der Waals surface area contributed by atoms with Crippen molar-refractivity contribution in [3.05, 3.63) is 69.6 Å². The predicted octanol–water partition coefficient (Wildman–Crippen LogP) is 4.44. The lowest BCUT2D eigenvalue weighted by molar-refractivity contribution is -0.113. The maximum absolute atomic E-state index is 12.7. The van der Waals surface area contributed by atoms with Gasteiger partial charge in [-0.3, -0.25) is 9.69 Å². The van der Waals surface area contributed by atoms with Crippen LogP contribution in [0.3, 0.4) is 0 Å². The number of nitrogens with zero attached hydrogens (tertiary/aromatic N) is 1. The van der Waals surface area contributed by atoms with Crippen LogP contribution in [0.25, 0.3) is 6.08 Å². The number of thioether (sulfide) groups is 1. The van der Waals surface area contributed by atoms with Crippen molar-refractivity contribution in [1.29, 1.82) is 0 Å². The monoisotopic (exact) mass is 375 g/mol. The number of thiocarbonyl (C=S) groups is 1. The first kappa shape index (κ1) is 16.7. The normalized spacial score (nSPS) is 16.0. The zero-order chi connectivity index (χ0) is 17.3. The van der Waals surface area contributed by atoms with Crippen molar-refractivity contribution in [3.63, 3.8) is 0 Å². The Balaban J connectivity index is 1.97. The van der Waals surface area contributed by atoms with Crippen molar-refractivity contribution in [2.24, 2.45) is 0 Å². The molecule has 0 bridgehead atoms. The summed E-state index contributed by atoms with van der Waals surface area (Å²) in [5, 5.41) is 9.63. The number of rotatable bonds is 3. The lowest BCUT2D eigenvalue weighted by Crippen LogP contribution is -2.27. The summed E-state index contributed by atoms with van der Waals surface area (Å²) in [6.45, 7) is 0. The molecule has 7 heteroatoms. The summed E-state index contributed by atoms with van der Waals surface area (Å²) in [6.07, 6.45) is 1.68. The summed E-state index contributed by atoms with van der Waals surface area (Å²) in [7, 11) is 0. The van der Waals surface area contributed by atoms with E-state index in [0.717, 1.165) is 17.3 Å². The third-order valence-corrected chi connectivity index (χ3v) is 4.98. The molecule has 0 saturated carbocycles. The predicted molar refractivity (Wildman–Crippen MR) is 101 cm³/mol. The lowest BCUT2D eigenvalue weighted by atomic mass is 10.2. The Labute approximate surface area is 152 Å². The molecule has 1 aliphatic rings. The standard InChI is InChI=1S/C17H10ClNO3S2/c18-13-7-2-1-4-10(13)9-14-15(20)19(17(23)24-14)12-6-3-5-11(8-12)16(21)22/h1-9H,(H,21,22)/b14-9-. The summed E-state index contributed by atoms with van der Waals surface area (Å²) in [4.78, 5) is 25.5. The van der Waals surface area contributed by atoms with Gasteiger partial charge < -0.3 is 5.11 Å². The smallest absolute Gasteiger partial charge is 0.335 e. The number of amides is 1. The second-order valence-corrected chi connectivity index (χ2v) is 6.98. The first-order valence-corrected chi connectivity index (χ1v) is 8.43. The number of anilines is 1. The van der Waals surface area contributed by atoms with E-state index in [9.17, 15) is 9.59 Å². The fourth-order valence-electron chi connectivity index (χ4n) is 2.20. The van der Waals surface area contributed by atoms with Crippen LogP contribution < -0.4 is 4.90 Å². The maximum Gasteiger partial charge on any atom is 0.335 e. The molecule has 0 aromatic heterocycles. The van der Waals surface area contributed by atoms with Gasteiger partial charge >= 0.3 is 5.97 Å². The van der Waals surface area contributed by atoms with E-state index >= 15 is 0 Å². The Morgan fingerprint density at radius 3 is 2.67 bits per heavy atom. The topological polar surface area (TPSA) is 57.6 Å². The molecule has 0 radical (unpaired) electrons. The van der Waals surface area contributed by atoms with Crippen LogP contribution >= 0.6 is 35.6 Å². The third-order valence-electron chi connectivity index (χ3n) is 3.34. The van der Waals surface area contributed by atoms with Gasteiger partial charge in [-0.25, -0.2) is 4.79 Å². The van der Waals surface area contributed by atoms with E-state index in [1.54, 1.807) is 30.3 Å². The number of carboxylic acids is 1. The Kier molecular flexibility index (Phi) is 4.71. The number of carbonyl (C=O) groups is 2. The van der Waals surface area contributed by atoms with Crippen LogP contribution in [-0.4, -0.2) is 21.3 Å². The molecule has 120 valence electrons. The number of carboxylic acid groups (broad SMARTS) is 1. The highest BCUT2D eigenvalue weighted by Crippen LogP contribution is 2.36. The van der Waals surface area contributed by atoms with E-state index in [1.807, 2.05) is 12.1 Å². The average molecular weight is 376 g/mol. The Bertz CT molecular complexity index is 895. The number of halogens is 1. The van der Waals surface area contributed by atoms with Crippen LogP contribution in [0.4, 0.5) is 5.69 Å². The van der Waals surface area contributed by atoms with Crippen molar-refractivity contribution in [1.82, 2.24) is 0 Å². The van der Waals surface area contributed by atoms with E-state index in [-0.39, 0.29) is 11.5 Å². The molecule has 1 amide bonds. The second-order valence-electron chi connectivity index (χ2n) is 4.89. The molecule has 2 aromatic rings. The number of hydrogen-bond donors (Lipinski definition) is 1. The van der Waals surface area contributed by atoms with Gasteiger partial charge in [-0.2, -0.15) is 0 Å². The van der Waals surface area contributed by atoms with E-state index in [1.165, 1.54) is 17.0 Å². The summed E-state index contributed by atoms with van der Waals surface area (Å²) in [5.74, 6) is -1.36. The van der Waals surface area contributed by atoms with Crippen LogP contribution in [0.2, 0.25) is 5.02 Å². The fourth-order valence-corrected chi connectivity index (χ4v) is 3.68. The molecule has 1 aliphatic heterocycles. The van der Waals surface area contributed by atoms with Gasteiger partial charge in [0.15, 0.2) is 4.32 Å². The van der Waals surface area contributed by atoms with Crippen LogP contribution in [0, 0.1) is 0 Å². The van der Waals surface area contributed by atoms with E-state index < -0.39 is 5.97 Å². The highest BCUT2D eigenvalue weighted by molar-refractivity contribution is 8.27. The number of benzene rings is 2. The summed E-state index contributed by atoms with van der Waals surface area (Å²) in [6, 6.07) is 13.3. The first-order valence-electron chi connectivity index (χ1n) is 6.83. The largest absolute Gasteiger partial charge is 0.478 e. The highest BCUT2D eigenvalue weighted by atomic mass is 35.5. The van der Waals surface area contributed by atoms with Gasteiger partial charge in [0.05, 0.1) is 16.2 Å². The molecule has 1 saturated heterocycles. The minimum absolute atomic E-state index is 0.0941. The molecule has 3 rings (SSSR count). The van der Waals surface area contributed by atoms with E-state index in [2.05, 4.69) is 0 Å². The quantitative estimate of drug-likeness (QED) is 0.634. The molecular formula is C17H10ClNO3S2. The molecule has 0 spiro atoms. The zero-order valence-electron chi connectivity index (χ0n) is 12.1. The number of aromatic carboxylic acids is 1. The van der Waals surface area contributed by atoms with Crippen molar-refractivity contribution < 1.29 is 14.7 Å². The Morgan fingerprint density at radius 1 is 1.21 bits per heavy atom. The minimum Gasteiger partial charge on any atom is -0.478 e. The fraction of sp³-hybridized carbons (Fsp3) is 0. The van der Waals surface area contributed by atoms with Crippen molar-refractivity contribution in [3.8, 4) is 0 Å². The average Bonchev–Trinajstić information content (AvgIpc) is 2.83. The molecule has 1 fully saturated rings. The van der Waals surface area contributed by atoms with Gasteiger partial charge in [0.2, 0.25) is 0 Å². The van der Waals surface area contributed by atoms with Gasteiger partial charge in [-0.1, -0.05) is 59.8 Å². The maximum atomic E-state index is 12.7. The van der Waals surface area contributed by atoms with Crippen molar-refractivity contribution in [2.45, 2.75) is 0 Å². The Morgan fingerprint density at radius 2 is 1.96 bits per heavy atom. The molecule has 1 N–H and O–H groups in total. The molecule has 0 aliphatic carbocycles. The molecule has 24 heavy (non-hydrogen) atoms. The van der Waals surface area contributed by atoms with Gasteiger partial charge in [-0.05, 0) is 35.9 Å². The van der Waals surface area contributed by atoms with E-state index in [0.29, 0.717) is 19.9 Å². The summed E-state index contributed by atoms with van der Waals surface area (Å²) < 4.78 is 0.348. The molecule has 4 nitrogen and oxygen atoms in total. The van der Waals surface area contributed by atoms with Gasteiger partial charge in [0.25, 0.3) is 5.91 Å². The number of carbonyl (C=O) groups excluding carboxylic acids is 1. The number of hydrogen-bond acceptors (Lipinski definition) is 4. The lowest BCUT2D eigenvalue weighted by Gasteiger charge is -2.14. The zero-order valence-corrected chi connectivity index (χ0v) is 14.5. The third kappa shape index (κ3) is 3.21. The Hall–Kier alpha value is -2.15. The van der Waals surface area contributed by atoms with Crippen molar-refractivity contribution >= 4 is 63.5 Å². The van der Waals surface area contributed by atoms with Crippen LogP contribution in [0.15, 0.2) is 53.4 Å². The summed E-state index contributed by atoms with van der Waals surface area (Å²) in [5.41, 5.74) is 1.25. The van der Waals surface area contributed by atoms with Gasteiger partial charge in [0, 0.05) is 5.02 Å². The van der Waals surface area contributed by atoms with Crippen LogP contribution in [0.5, 0.6) is 0 Å². The summed E-state index contributed by atoms with van der Waals surface area (Å²) >= 11 is 12.6. The molecule has 1 heterocycles. The molecule has 0 unspecified atom stereocenters. The highest BCUT2D eigenvalue weighted by Gasteiger charge is 2.33. The van der Waals surface area contributed by atoms with Gasteiger partial charge in [0.1, 0.15) is 0 Å². The van der Waals surface area contributed by atoms with Crippen molar-refractivity contribution in [2.75, 3.05) is 4.90 Å².